The van der Waals surface area contributed by atoms with Crippen LogP contribution < -0.4 is 14.4 Å². The Morgan fingerprint density at radius 1 is 1.08 bits per heavy atom. The smallest absolute Gasteiger partial charge is 0.185 e. The first-order valence-electron chi connectivity index (χ1n) is 8.91. The molecule has 2 heterocycles. The van der Waals surface area contributed by atoms with Gasteiger partial charge in [0.1, 0.15) is 11.5 Å². The number of rotatable bonds is 7. The number of anilines is 1. The quantitative estimate of drug-likeness (QED) is 0.706. The monoisotopic (exact) mass is 361 g/mol. The lowest BCUT2D eigenvalue weighted by atomic mass is 10.3. The van der Waals surface area contributed by atoms with Crippen molar-refractivity contribution in [1.29, 1.82) is 0 Å². The summed E-state index contributed by atoms with van der Waals surface area (Å²) < 4.78 is 11.0. The molecule has 1 aromatic carbocycles. The number of ether oxygens (including phenoxy) is 2. The number of aromatic nitrogens is 1. The van der Waals surface area contributed by atoms with Gasteiger partial charge in [-0.25, -0.2) is 4.98 Å². The molecule has 0 radical (unpaired) electrons. The number of nitrogens with zero attached hydrogens (tertiary/aromatic N) is 3. The largest absolute Gasteiger partial charge is 0.497 e. The minimum atomic E-state index is 0.748. The minimum Gasteiger partial charge on any atom is -0.497 e. The van der Waals surface area contributed by atoms with Gasteiger partial charge in [-0.1, -0.05) is 0 Å². The Bertz CT molecular complexity index is 644. The number of benzene rings is 1. The van der Waals surface area contributed by atoms with E-state index in [1.54, 1.807) is 18.4 Å². The molecule has 1 saturated heterocycles. The van der Waals surface area contributed by atoms with Crippen LogP contribution in [0.2, 0.25) is 0 Å². The fourth-order valence-corrected chi connectivity index (χ4v) is 3.88. The average molecular weight is 362 g/mol. The predicted molar refractivity (Wildman–Crippen MR) is 103 cm³/mol. The van der Waals surface area contributed by atoms with Crippen LogP contribution in [-0.2, 0) is 0 Å². The molecule has 0 atom stereocenters. The lowest BCUT2D eigenvalue weighted by Gasteiger charge is -2.21. The van der Waals surface area contributed by atoms with Crippen molar-refractivity contribution in [2.24, 2.45) is 0 Å². The summed E-state index contributed by atoms with van der Waals surface area (Å²) in [4.78, 5) is 9.58. The summed E-state index contributed by atoms with van der Waals surface area (Å²) in [5, 5.41) is 3.30. The summed E-state index contributed by atoms with van der Waals surface area (Å²) in [6.07, 6.45) is 2.24. The van der Waals surface area contributed by atoms with E-state index in [1.165, 1.54) is 11.6 Å². The Hall–Kier alpha value is -1.79. The normalized spacial score (nSPS) is 15.8. The Kier molecular flexibility index (Phi) is 6.53. The molecule has 25 heavy (non-hydrogen) atoms. The highest BCUT2D eigenvalue weighted by Crippen LogP contribution is 2.21. The Balaban J connectivity index is 1.37. The van der Waals surface area contributed by atoms with Crippen molar-refractivity contribution in [2.75, 3.05) is 51.3 Å². The van der Waals surface area contributed by atoms with Crippen molar-refractivity contribution in [2.45, 2.75) is 19.8 Å². The van der Waals surface area contributed by atoms with Crippen molar-refractivity contribution in [3.8, 4) is 11.5 Å². The SMILES string of the molecule is COc1ccc(OCCCN2CCCN(c3nc(C)cs3)CC2)cc1. The molecule has 0 saturated carbocycles. The number of methoxy groups -OCH3 is 1. The lowest BCUT2D eigenvalue weighted by molar-refractivity contribution is 0.244. The number of hydrogen-bond donors (Lipinski definition) is 0. The van der Waals surface area contributed by atoms with E-state index in [-0.39, 0.29) is 0 Å². The number of hydrogen-bond acceptors (Lipinski definition) is 6. The molecule has 0 amide bonds. The van der Waals surface area contributed by atoms with Gasteiger partial charge in [-0.15, -0.1) is 11.3 Å². The molecule has 1 aliphatic rings. The first-order valence-corrected chi connectivity index (χ1v) is 9.79. The van der Waals surface area contributed by atoms with Gasteiger partial charge in [-0.2, -0.15) is 0 Å². The molecular weight excluding hydrogens is 334 g/mol. The number of thiazole rings is 1. The maximum atomic E-state index is 5.82. The minimum absolute atomic E-state index is 0.748. The first-order chi connectivity index (χ1) is 12.2. The molecular formula is C19H27N3O2S. The van der Waals surface area contributed by atoms with Crippen LogP contribution in [0.5, 0.6) is 11.5 Å². The van der Waals surface area contributed by atoms with E-state index < -0.39 is 0 Å². The predicted octanol–water partition coefficient (Wildman–Crippen LogP) is 3.44. The van der Waals surface area contributed by atoms with E-state index in [9.17, 15) is 0 Å². The van der Waals surface area contributed by atoms with Crippen molar-refractivity contribution in [3.63, 3.8) is 0 Å². The van der Waals surface area contributed by atoms with Crippen LogP contribution in [0.3, 0.4) is 0 Å². The van der Waals surface area contributed by atoms with Crippen molar-refractivity contribution >= 4 is 16.5 Å². The van der Waals surface area contributed by atoms with Crippen molar-refractivity contribution in [3.05, 3.63) is 35.3 Å². The van der Waals surface area contributed by atoms with E-state index in [1.807, 2.05) is 24.3 Å². The second-order valence-electron chi connectivity index (χ2n) is 6.33. The Morgan fingerprint density at radius 3 is 2.60 bits per heavy atom. The maximum absolute atomic E-state index is 5.82. The van der Waals surface area contributed by atoms with Gasteiger partial charge in [-0.05, 0) is 50.6 Å². The molecule has 2 aromatic rings. The van der Waals surface area contributed by atoms with Crippen LogP contribution in [0.15, 0.2) is 29.6 Å². The highest BCUT2D eigenvalue weighted by molar-refractivity contribution is 7.13. The highest BCUT2D eigenvalue weighted by atomic mass is 32.1. The van der Waals surface area contributed by atoms with Crippen LogP contribution in [0, 0.1) is 6.92 Å². The molecule has 6 heteroatoms. The van der Waals surface area contributed by atoms with Crippen LogP contribution in [-0.4, -0.2) is 56.3 Å². The topological polar surface area (TPSA) is 37.8 Å². The van der Waals surface area contributed by atoms with Gasteiger partial charge in [0.15, 0.2) is 5.13 Å². The standard InChI is InChI=1S/C19H27N3O2S/c1-16-15-25-19(20-16)22-11-3-9-21(12-13-22)10-4-14-24-18-7-5-17(23-2)6-8-18/h5-8,15H,3-4,9-14H2,1-2H3. The third kappa shape index (κ3) is 5.34. The lowest BCUT2D eigenvalue weighted by Crippen LogP contribution is -2.31. The summed E-state index contributed by atoms with van der Waals surface area (Å²) in [6, 6.07) is 7.77. The molecule has 0 spiro atoms. The molecule has 1 fully saturated rings. The zero-order chi connectivity index (χ0) is 17.5. The molecule has 0 unspecified atom stereocenters. The first kappa shape index (κ1) is 18.0. The van der Waals surface area contributed by atoms with E-state index in [4.69, 9.17) is 9.47 Å². The van der Waals surface area contributed by atoms with Crippen LogP contribution in [0.1, 0.15) is 18.5 Å². The molecule has 1 aliphatic heterocycles. The highest BCUT2D eigenvalue weighted by Gasteiger charge is 2.16. The molecule has 0 N–H and O–H groups in total. The molecule has 1 aromatic heterocycles. The van der Waals surface area contributed by atoms with E-state index in [0.29, 0.717) is 0 Å². The van der Waals surface area contributed by atoms with E-state index >= 15 is 0 Å². The summed E-state index contributed by atoms with van der Waals surface area (Å²) in [6.45, 7) is 8.31. The van der Waals surface area contributed by atoms with Gasteiger partial charge in [0.2, 0.25) is 0 Å². The molecule has 0 bridgehead atoms. The number of aryl methyl sites for hydroxylation is 1. The summed E-state index contributed by atoms with van der Waals surface area (Å²) in [5.74, 6) is 1.76. The summed E-state index contributed by atoms with van der Waals surface area (Å²) in [5.41, 5.74) is 1.12. The summed E-state index contributed by atoms with van der Waals surface area (Å²) in [7, 11) is 1.67. The average Bonchev–Trinajstić information content (AvgIpc) is 2.93. The van der Waals surface area contributed by atoms with Gasteiger partial charge in [0, 0.05) is 31.6 Å². The van der Waals surface area contributed by atoms with Gasteiger partial charge in [-0.3, -0.25) is 0 Å². The van der Waals surface area contributed by atoms with Crippen LogP contribution in [0.4, 0.5) is 5.13 Å². The second kappa shape index (κ2) is 9.06. The van der Waals surface area contributed by atoms with E-state index in [0.717, 1.165) is 62.9 Å². The van der Waals surface area contributed by atoms with Gasteiger partial charge in [0.25, 0.3) is 0 Å². The third-order valence-electron chi connectivity index (χ3n) is 4.41. The molecule has 136 valence electrons. The van der Waals surface area contributed by atoms with Crippen LogP contribution in [0.25, 0.3) is 0 Å². The zero-order valence-electron chi connectivity index (χ0n) is 15.1. The zero-order valence-corrected chi connectivity index (χ0v) is 15.9. The molecule has 3 rings (SSSR count). The van der Waals surface area contributed by atoms with Gasteiger partial charge >= 0.3 is 0 Å². The fourth-order valence-electron chi connectivity index (χ4n) is 3.02. The van der Waals surface area contributed by atoms with Gasteiger partial charge in [0.05, 0.1) is 19.4 Å². The third-order valence-corrected chi connectivity index (χ3v) is 5.43. The molecule has 5 nitrogen and oxygen atoms in total. The van der Waals surface area contributed by atoms with Crippen molar-refractivity contribution in [1.82, 2.24) is 9.88 Å². The summed E-state index contributed by atoms with van der Waals surface area (Å²) >= 11 is 1.76. The van der Waals surface area contributed by atoms with Gasteiger partial charge < -0.3 is 19.3 Å². The molecule has 0 aliphatic carbocycles. The Morgan fingerprint density at radius 2 is 1.88 bits per heavy atom. The maximum Gasteiger partial charge on any atom is 0.185 e. The fraction of sp³-hybridized carbons (Fsp3) is 0.526. The van der Waals surface area contributed by atoms with Crippen LogP contribution >= 0.6 is 11.3 Å². The van der Waals surface area contributed by atoms with Crippen molar-refractivity contribution < 1.29 is 9.47 Å². The van der Waals surface area contributed by atoms with E-state index in [2.05, 4.69) is 27.1 Å². The second-order valence-corrected chi connectivity index (χ2v) is 7.17. The Labute approximate surface area is 154 Å².